The van der Waals surface area contributed by atoms with E-state index in [0.29, 0.717) is 19.1 Å². The van der Waals surface area contributed by atoms with E-state index in [9.17, 15) is 4.79 Å². The van der Waals surface area contributed by atoms with Crippen molar-refractivity contribution in [1.82, 2.24) is 5.32 Å². The molecule has 0 aromatic carbocycles. The number of rotatable bonds is 5. The van der Waals surface area contributed by atoms with Crippen LogP contribution >= 0.6 is 0 Å². The molecule has 3 N–H and O–H groups in total. The molecule has 1 aliphatic rings. The van der Waals surface area contributed by atoms with Gasteiger partial charge >= 0.3 is 0 Å². The third-order valence-corrected chi connectivity index (χ3v) is 3.26. The van der Waals surface area contributed by atoms with Crippen LogP contribution in [0.15, 0.2) is 0 Å². The van der Waals surface area contributed by atoms with Crippen molar-refractivity contribution in [3.63, 3.8) is 0 Å². The quantitative estimate of drug-likeness (QED) is 0.739. The van der Waals surface area contributed by atoms with Crippen molar-refractivity contribution >= 4 is 5.91 Å². The van der Waals surface area contributed by atoms with E-state index in [1.54, 1.807) is 7.11 Å². The number of amides is 1. The molecular weight excluding hydrogens is 204 g/mol. The Morgan fingerprint density at radius 1 is 1.44 bits per heavy atom. The van der Waals surface area contributed by atoms with E-state index >= 15 is 0 Å². The second-order valence-electron chi connectivity index (χ2n) is 4.99. The van der Waals surface area contributed by atoms with Crippen LogP contribution in [0.5, 0.6) is 0 Å². The predicted molar refractivity (Wildman–Crippen MR) is 64.1 cm³/mol. The molecule has 0 heterocycles. The van der Waals surface area contributed by atoms with Gasteiger partial charge in [-0.05, 0) is 18.8 Å². The number of nitrogens with one attached hydrogen (secondary N) is 1. The van der Waals surface area contributed by atoms with E-state index in [4.69, 9.17) is 10.5 Å². The van der Waals surface area contributed by atoms with Gasteiger partial charge in [0.1, 0.15) is 0 Å². The van der Waals surface area contributed by atoms with Gasteiger partial charge in [-0.25, -0.2) is 0 Å². The molecule has 1 atom stereocenters. The second-order valence-corrected chi connectivity index (χ2v) is 4.99. The molecule has 0 spiro atoms. The van der Waals surface area contributed by atoms with Crippen LogP contribution in [0.25, 0.3) is 0 Å². The fraction of sp³-hybridized carbons (Fsp3) is 0.917. The van der Waals surface area contributed by atoms with E-state index in [2.05, 4.69) is 5.32 Å². The van der Waals surface area contributed by atoms with Crippen molar-refractivity contribution in [2.75, 3.05) is 20.3 Å². The van der Waals surface area contributed by atoms with Crippen LogP contribution in [0.4, 0.5) is 0 Å². The monoisotopic (exact) mass is 228 g/mol. The maximum atomic E-state index is 12.0. The van der Waals surface area contributed by atoms with Crippen LogP contribution in [0.1, 0.15) is 39.0 Å². The number of carbonyl (C=O) groups excluding carboxylic acids is 1. The van der Waals surface area contributed by atoms with Gasteiger partial charge in [0.05, 0.1) is 12.1 Å². The van der Waals surface area contributed by atoms with Gasteiger partial charge in [0.2, 0.25) is 5.91 Å². The van der Waals surface area contributed by atoms with Gasteiger partial charge in [0, 0.05) is 13.7 Å². The topological polar surface area (TPSA) is 64.3 Å². The van der Waals surface area contributed by atoms with Crippen molar-refractivity contribution < 1.29 is 9.53 Å². The molecule has 0 radical (unpaired) electrons. The molecule has 4 nitrogen and oxygen atoms in total. The fourth-order valence-electron chi connectivity index (χ4n) is 2.20. The third-order valence-electron chi connectivity index (χ3n) is 3.26. The lowest BCUT2D eigenvalue weighted by molar-refractivity contribution is -0.127. The third kappa shape index (κ3) is 3.76. The summed E-state index contributed by atoms with van der Waals surface area (Å²) in [4.78, 5) is 12.0. The Balaban J connectivity index is 2.33. The van der Waals surface area contributed by atoms with Gasteiger partial charge in [-0.15, -0.1) is 0 Å². The van der Waals surface area contributed by atoms with Gasteiger partial charge < -0.3 is 15.8 Å². The highest BCUT2D eigenvalue weighted by molar-refractivity contribution is 5.86. The largest absolute Gasteiger partial charge is 0.384 e. The smallest absolute Gasteiger partial charge is 0.240 e. The lowest BCUT2D eigenvalue weighted by atomic mass is 9.82. The van der Waals surface area contributed by atoms with Gasteiger partial charge in [0.25, 0.3) is 0 Å². The molecule has 0 bridgehead atoms. The second kappa shape index (κ2) is 6.21. The molecule has 4 heteroatoms. The summed E-state index contributed by atoms with van der Waals surface area (Å²) >= 11 is 0. The fourth-order valence-corrected chi connectivity index (χ4v) is 2.20. The Labute approximate surface area is 97.9 Å². The average Bonchev–Trinajstić information content (AvgIpc) is 2.27. The van der Waals surface area contributed by atoms with E-state index in [1.165, 1.54) is 6.42 Å². The normalized spacial score (nSPS) is 21.4. The molecule has 1 amide bonds. The van der Waals surface area contributed by atoms with Gasteiger partial charge in [-0.2, -0.15) is 0 Å². The standard InChI is InChI=1S/C12H24N2O2/c1-10(9-16-2)8-14-11(15)12(13)6-4-3-5-7-12/h10H,3-9,13H2,1-2H3,(H,14,15). The van der Waals surface area contributed by atoms with Crippen LogP contribution in [0.2, 0.25) is 0 Å². The molecule has 0 aromatic heterocycles. The van der Waals surface area contributed by atoms with Crippen molar-refractivity contribution in [2.45, 2.75) is 44.6 Å². The summed E-state index contributed by atoms with van der Waals surface area (Å²) in [6.07, 6.45) is 4.97. The summed E-state index contributed by atoms with van der Waals surface area (Å²) < 4.78 is 5.02. The average molecular weight is 228 g/mol. The first-order chi connectivity index (χ1) is 7.58. The van der Waals surface area contributed by atoms with Crippen LogP contribution < -0.4 is 11.1 Å². The Bertz CT molecular complexity index is 225. The maximum Gasteiger partial charge on any atom is 0.240 e. The van der Waals surface area contributed by atoms with Crippen molar-refractivity contribution in [3.05, 3.63) is 0 Å². The summed E-state index contributed by atoms with van der Waals surface area (Å²) in [5.74, 6) is 0.344. The highest BCUT2D eigenvalue weighted by atomic mass is 16.5. The Hall–Kier alpha value is -0.610. The summed E-state index contributed by atoms with van der Waals surface area (Å²) in [5.41, 5.74) is 5.50. The van der Waals surface area contributed by atoms with Gasteiger partial charge in [-0.1, -0.05) is 26.2 Å². The van der Waals surface area contributed by atoms with Crippen LogP contribution in [0.3, 0.4) is 0 Å². The number of nitrogens with two attached hydrogens (primary N) is 1. The lowest BCUT2D eigenvalue weighted by Gasteiger charge is -2.32. The molecule has 0 aromatic rings. The number of ether oxygens (including phenoxy) is 1. The number of hydrogen-bond acceptors (Lipinski definition) is 3. The van der Waals surface area contributed by atoms with E-state index in [0.717, 1.165) is 25.7 Å². The highest BCUT2D eigenvalue weighted by Crippen LogP contribution is 2.25. The number of carbonyl (C=O) groups is 1. The minimum atomic E-state index is -0.620. The first-order valence-electron chi connectivity index (χ1n) is 6.14. The molecule has 1 fully saturated rings. The summed E-state index contributed by atoms with van der Waals surface area (Å²) in [6.45, 7) is 3.36. The minimum absolute atomic E-state index is 0.00940. The predicted octanol–water partition coefficient (Wildman–Crippen LogP) is 1.05. The molecule has 16 heavy (non-hydrogen) atoms. The molecule has 1 unspecified atom stereocenters. The maximum absolute atomic E-state index is 12.0. The van der Waals surface area contributed by atoms with Crippen LogP contribution in [0, 0.1) is 5.92 Å². The SMILES string of the molecule is COCC(C)CNC(=O)C1(N)CCCCC1. The molecular formula is C12H24N2O2. The first-order valence-corrected chi connectivity index (χ1v) is 6.14. The molecule has 0 saturated heterocycles. The zero-order chi connectivity index (χ0) is 12.0. The molecule has 1 saturated carbocycles. The van der Waals surface area contributed by atoms with Crippen molar-refractivity contribution in [3.8, 4) is 0 Å². The van der Waals surface area contributed by atoms with Crippen LogP contribution in [-0.2, 0) is 9.53 Å². The Morgan fingerprint density at radius 3 is 2.62 bits per heavy atom. The van der Waals surface area contributed by atoms with Crippen LogP contribution in [-0.4, -0.2) is 31.7 Å². The van der Waals surface area contributed by atoms with Crippen molar-refractivity contribution in [2.24, 2.45) is 11.7 Å². The number of methoxy groups -OCH3 is 1. The van der Waals surface area contributed by atoms with Crippen molar-refractivity contribution in [1.29, 1.82) is 0 Å². The van der Waals surface area contributed by atoms with E-state index in [1.807, 2.05) is 6.92 Å². The zero-order valence-electron chi connectivity index (χ0n) is 10.4. The van der Waals surface area contributed by atoms with Gasteiger partial charge in [-0.3, -0.25) is 4.79 Å². The minimum Gasteiger partial charge on any atom is -0.384 e. The highest BCUT2D eigenvalue weighted by Gasteiger charge is 2.34. The first kappa shape index (κ1) is 13.5. The summed E-state index contributed by atoms with van der Waals surface area (Å²) in [7, 11) is 1.67. The Morgan fingerprint density at radius 2 is 2.06 bits per heavy atom. The molecule has 1 aliphatic carbocycles. The Kier molecular flexibility index (Phi) is 5.22. The summed E-state index contributed by atoms with van der Waals surface area (Å²) in [6, 6.07) is 0. The molecule has 1 rings (SSSR count). The van der Waals surface area contributed by atoms with E-state index in [-0.39, 0.29) is 5.91 Å². The number of hydrogen-bond donors (Lipinski definition) is 2. The molecule has 0 aliphatic heterocycles. The summed E-state index contributed by atoms with van der Waals surface area (Å²) in [5, 5.41) is 2.93. The van der Waals surface area contributed by atoms with Gasteiger partial charge in [0.15, 0.2) is 0 Å². The lowest BCUT2D eigenvalue weighted by Crippen LogP contribution is -2.55. The van der Waals surface area contributed by atoms with E-state index < -0.39 is 5.54 Å². The molecule has 94 valence electrons. The zero-order valence-corrected chi connectivity index (χ0v) is 10.4.